The minimum atomic E-state index is -0.546. The molecule has 32 heavy (non-hydrogen) atoms. The van der Waals surface area contributed by atoms with E-state index in [0.717, 1.165) is 11.8 Å². The normalized spacial score (nSPS) is 10.8. The fourth-order valence-corrected chi connectivity index (χ4v) is 3.39. The Morgan fingerprint density at radius 1 is 1.12 bits per heavy atom. The van der Waals surface area contributed by atoms with Gasteiger partial charge in [0, 0.05) is 33.9 Å². The topological polar surface area (TPSA) is 75.7 Å². The first-order valence-corrected chi connectivity index (χ1v) is 10.4. The molecule has 1 N–H and O–H groups in total. The van der Waals surface area contributed by atoms with E-state index in [0.29, 0.717) is 32.7 Å². The lowest BCUT2D eigenvalue weighted by molar-refractivity contribution is 0.104. The monoisotopic (exact) mass is 449 g/mol. The molecule has 0 aliphatic rings. The van der Waals surface area contributed by atoms with Gasteiger partial charge in [0.05, 0.1) is 17.5 Å². The van der Waals surface area contributed by atoms with Gasteiger partial charge in [0.15, 0.2) is 5.78 Å². The van der Waals surface area contributed by atoms with E-state index < -0.39 is 17.2 Å². The number of carbonyl (C=O) groups excluding carboxylic acids is 1. The summed E-state index contributed by atoms with van der Waals surface area (Å²) in [5.41, 5.74) is 2.13. The second kappa shape index (κ2) is 10.1. The van der Waals surface area contributed by atoms with E-state index in [4.69, 9.17) is 11.6 Å². The molecule has 0 aliphatic heterocycles. The molecule has 0 amide bonds. The summed E-state index contributed by atoms with van der Waals surface area (Å²) in [6.45, 7) is 5.89. The van der Waals surface area contributed by atoms with Crippen molar-refractivity contribution >= 4 is 34.4 Å². The van der Waals surface area contributed by atoms with Gasteiger partial charge in [-0.1, -0.05) is 25.4 Å². The summed E-state index contributed by atoms with van der Waals surface area (Å²) in [5.74, 6) is -1.06. The number of nitrogens with one attached hydrogen (secondary N) is 1. The Morgan fingerprint density at radius 3 is 2.62 bits per heavy atom. The molecule has 0 radical (unpaired) electrons. The highest BCUT2D eigenvalue weighted by molar-refractivity contribution is 6.31. The minimum absolute atomic E-state index is 0.0662. The van der Waals surface area contributed by atoms with Gasteiger partial charge < -0.3 is 4.98 Å². The third-order valence-electron chi connectivity index (χ3n) is 4.55. The number of allylic oxidation sites excluding steroid dienone is 1. The Hall–Kier alpha value is -3.64. The number of nitrogens with zero attached hydrogens (tertiary/aromatic N) is 2. The first-order chi connectivity index (χ1) is 15.4. The van der Waals surface area contributed by atoms with Crippen molar-refractivity contribution in [2.75, 3.05) is 0 Å². The molecular weight excluding hydrogens is 429 g/mol. The van der Waals surface area contributed by atoms with Crippen LogP contribution in [0.25, 0.3) is 28.2 Å². The molecule has 1 aromatic carbocycles. The van der Waals surface area contributed by atoms with Crippen LogP contribution in [0.5, 0.6) is 0 Å². The highest BCUT2D eigenvalue weighted by Crippen LogP contribution is 2.31. The van der Waals surface area contributed by atoms with E-state index in [1.807, 2.05) is 26.8 Å². The van der Waals surface area contributed by atoms with Gasteiger partial charge in [-0.2, -0.15) is 0 Å². The predicted molar refractivity (Wildman–Crippen MR) is 126 cm³/mol. The van der Waals surface area contributed by atoms with Gasteiger partial charge >= 0.3 is 0 Å². The van der Waals surface area contributed by atoms with Crippen molar-refractivity contribution in [3.8, 4) is 11.3 Å². The van der Waals surface area contributed by atoms with E-state index in [1.54, 1.807) is 30.5 Å². The van der Waals surface area contributed by atoms with Crippen molar-refractivity contribution in [1.82, 2.24) is 15.0 Å². The Morgan fingerprint density at radius 2 is 1.91 bits per heavy atom. The van der Waals surface area contributed by atoms with Crippen LogP contribution in [0, 0.1) is 12.7 Å². The molecule has 7 heteroatoms. The first kappa shape index (κ1) is 23.0. The van der Waals surface area contributed by atoms with Gasteiger partial charge in [-0.25, -0.2) is 4.39 Å². The highest BCUT2D eigenvalue weighted by atomic mass is 35.5. The van der Waals surface area contributed by atoms with E-state index in [2.05, 4.69) is 15.0 Å². The molecule has 4 aromatic rings. The maximum Gasteiger partial charge on any atom is 0.260 e. The van der Waals surface area contributed by atoms with Crippen LogP contribution in [0.4, 0.5) is 4.39 Å². The fraction of sp³-hybridized carbons (Fsp3) is 0.120. The first-order valence-electron chi connectivity index (χ1n) is 10.0. The Kier molecular flexibility index (Phi) is 7.28. The average molecular weight is 450 g/mol. The number of pyridine rings is 3. The van der Waals surface area contributed by atoms with E-state index in [-0.39, 0.29) is 5.56 Å². The molecule has 0 aliphatic carbocycles. The number of aryl methyl sites for hydroxylation is 1. The summed E-state index contributed by atoms with van der Waals surface area (Å²) in [7, 11) is 0. The van der Waals surface area contributed by atoms with E-state index in [1.165, 1.54) is 24.4 Å². The number of hydrogen-bond donors (Lipinski definition) is 1. The lowest BCUT2D eigenvalue weighted by atomic mass is 9.96. The quantitative estimate of drug-likeness (QED) is 0.306. The molecule has 5 nitrogen and oxygen atoms in total. The number of carbonyl (C=O) groups is 1. The summed E-state index contributed by atoms with van der Waals surface area (Å²) >= 11 is 6.18. The summed E-state index contributed by atoms with van der Waals surface area (Å²) in [5, 5.41) is 1.06. The molecule has 3 heterocycles. The molecular formula is C25H21ClFN3O2. The number of rotatable bonds is 4. The minimum Gasteiger partial charge on any atom is -0.321 e. The summed E-state index contributed by atoms with van der Waals surface area (Å²) in [4.78, 5) is 36.8. The standard InChI is InChI=1S/C23H15ClFN3O2.C2H6/c1-13-6-7-27-19(8-13)21-17-10-15(24)3-4-18(17)28-23(30)22(21)20(29)5-2-14-9-16(25)12-26-11-14;1-2/h2-12H,1H3,(H,28,30);1-2H3/b5-2+;. The van der Waals surface area contributed by atoms with E-state index in [9.17, 15) is 14.0 Å². The maximum absolute atomic E-state index is 13.4. The summed E-state index contributed by atoms with van der Waals surface area (Å²) < 4.78 is 13.4. The second-order valence-corrected chi connectivity index (χ2v) is 7.18. The molecule has 0 saturated heterocycles. The third kappa shape index (κ3) is 4.98. The number of H-pyrrole nitrogens is 1. The van der Waals surface area contributed by atoms with Crippen LogP contribution < -0.4 is 5.56 Å². The van der Waals surface area contributed by atoms with Crippen molar-refractivity contribution < 1.29 is 9.18 Å². The lowest BCUT2D eigenvalue weighted by Gasteiger charge is -2.11. The summed E-state index contributed by atoms with van der Waals surface area (Å²) in [6, 6.07) is 9.89. The Bertz CT molecular complexity index is 1380. The van der Waals surface area contributed by atoms with Crippen LogP contribution >= 0.6 is 11.6 Å². The number of ketones is 1. The number of benzene rings is 1. The zero-order valence-electron chi connectivity index (χ0n) is 17.8. The van der Waals surface area contributed by atoms with Crippen LogP contribution in [0.1, 0.15) is 35.3 Å². The average Bonchev–Trinajstić information content (AvgIpc) is 2.78. The number of aromatic nitrogens is 3. The molecule has 0 unspecified atom stereocenters. The number of halogens is 2. The van der Waals surface area contributed by atoms with Crippen molar-refractivity contribution in [2.24, 2.45) is 0 Å². The third-order valence-corrected chi connectivity index (χ3v) is 4.78. The van der Waals surface area contributed by atoms with Crippen LogP contribution in [0.15, 0.2) is 65.9 Å². The van der Waals surface area contributed by atoms with Gasteiger partial charge in [-0.15, -0.1) is 0 Å². The van der Waals surface area contributed by atoms with Gasteiger partial charge in [0.2, 0.25) is 0 Å². The Labute approximate surface area is 189 Å². The zero-order valence-corrected chi connectivity index (χ0v) is 18.6. The van der Waals surface area contributed by atoms with Gasteiger partial charge in [0.25, 0.3) is 5.56 Å². The smallest absolute Gasteiger partial charge is 0.260 e. The molecule has 0 spiro atoms. The van der Waals surface area contributed by atoms with Crippen LogP contribution in [-0.4, -0.2) is 20.7 Å². The van der Waals surface area contributed by atoms with Crippen LogP contribution in [0.3, 0.4) is 0 Å². The van der Waals surface area contributed by atoms with Crippen molar-refractivity contribution in [1.29, 1.82) is 0 Å². The van der Waals surface area contributed by atoms with Gasteiger partial charge in [-0.05, 0) is 66.6 Å². The highest BCUT2D eigenvalue weighted by Gasteiger charge is 2.20. The molecule has 3 aromatic heterocycles. The Balaban J connectivity index is 0.00000141. The maximum atomic E-state index is 13.4. The largest absolute Gasteiger partial charge is 0.321 e. The molecule has 0 fully saturated rings. The SMILES string of the molecule is CC.Cc1ccnc(-c2c(C(=O)/C=C/c3cncc(F)c3)c(=O)[nH]c3ccc(Cl)cc23)c1. The number of aromatic amines is 1. The van der Waals surface area contributed by atoms with Crippen LogP contribution in [-0.2, 0) is 0 Å². The van der Waals surface area contributed by atoms with Crippen LogP contribution in [0.2, 0.25) is 5.02 Å². The fourth-order valence-electron chi connectivity index (χ4n) is 3.21. The molecule has 0 atom stereocenters. The molecule has 162 valence electrons. The molecule has 0 saturated carbocycles. The summed E-state index contributed by atoms with van der Waals surface area (Å²) in [6.07, 6.45) is 6.73. The molecule has 0 bridgehead atoms. The van der Waals surface area contributed by atoms with Gasteiger partial charge in [0.1, 0.15) is 5.82 Å². The number of fused-ring (bicyclic) bond motifs is 1. The van der Waals surface area contributed by atoms with E-state index >= 15 is 0 Å². The predicted octanol–water partition coefficient (Wildman–Crippen LogP) is 6.01. The molecule has 4 rings (SSSR count). The lowest BCUT2D eigenvalue weighted by Crippen LogP contribution is -2.19. The van der Waals surface area contributed by atoms with Gasteiger partial charge in [-0.3, -0.25) is 19.6 Å². The van der Waals surface area contributed by atoms with Crippen molar-refractivity contribution in [3.63, 3.8) is 0 Å². The number of hydrogen-bond acceptors (Lipinski definition) is 4. The second-order valence-electron chi connectivity index (χ2n) is 6.75. The van der Waals surface area contributed by atoms with Crippen molar-refractivity contribution in [2.45, 2.75) is 20.8 Å². The van der Waals surface area contributed by atoms with Crippen molar-refractivity contribution in [3.05, 3.63) is 98.9 Å². The zero-order chi connectivity index (χ0) is 23.3.